The lowest BCUT2D eigenvalue weighted by molar-refractivity contribution is -0.00316. The van der Waals surface area contributed by atoms with Crippen LogP contribution in [-0.2, 0) is 4.74 Å². The van der Waals surface area contributed by atoms with Crippen LogP contribution >= 0.6 is 0 Å². The summed E-state index contributed by atoms with van der Waals surface area (Å²) in [6, 6.07) is 0.397. The summed E-state index contributed by atoms with van der Waals surface area (Å²) in [4.78, 5) is 2.49. The van der Waals surface area contributed by atoms with Crippen LogP contribution in [0.3, 0.4) is 0 Å². The molecule has 0 aromatic carbocycles. The van der Waals surface area contributed by atoms with Crippen molar-refractivity contribution in [1.82, 2.24) is 10.2 Å². The predicted molar refractivity (Wildman–Crippen MR) is 84.1 cm³/mol. The largest absolute Gasteiger partial charge is 0.394 e. The fourth-order valence-electron chi connectivity index (χ4n) is 2.94. The van der Waals surface area contributed by atoms with Crippen molar-refractivity contribution in [2.75, 3.05) is 32.8 Å². The first kappa shape index (κ1) is 17.9. The molecule has 1 heterocycles. The van der Waals surface area contributed by atoms with E-state index in [1.54, 1.807) is 0 Å². The lowest BCUT2D eigenvalue weighted by Gasteiger charge is -2.37. The number of aliphatic hydroxyl groups excluding tert-OH is 1. The zero-order chi connectivity index (χ0) is 15.0. The molecule has 2 N–H and O–H groups in total. The van der Waals surface area contributed by atoms with Crippen molar-refractivity contribution in [3.05, 3.63) is 0 Å². The highest BCUT2D eigenvalue weighted by atomic mass is 16.5. The predicted octanol–water partition coefficient (Wildman–Crippen LogP) is 2.02. The number of likely N-dealkylation sites (tertiary alicyclic amines) is 1. The molecule has 0 bridgehead atoms. The van der Waals surface area contributed by atoms with Crippen LogP contribution in [0.2, 0.25) is 0 Å². The lowest BCUT2D eigenvalue weighted by Crippen LogP contribution is -2.51. The second-order valence-corrected chi connectivity index (χ2v) is 6.70. The molecule has 0 saturated carbocycles. The van der Waals surface area contributed by atoms with Crippen LogP contribution in [0, 0.1) is 0 Å². The van der Waals surface area contributed by atoms with Crippen molar-refractivity contribution in [1.29, 1.82) is 0 Å². The summed E-state index contributed by atoms with van der Waals surface area (Å²) < 4.78 is 5.88. The van der Waals surface area contributed by atoms with Crippen LogP contribution < -0.4 is 5.32 Å². The highest BCUT2D eigenvalue weighted by Gasteiger charge is 2.26. The highest BCUT2D eigenvalue weighted by Crippen LogP contribution is 2.17. The van der Waals surface area contributed by atoms with Gasteiger partial charge in [0, 0.05) is 31.3 Å². The quantitative estimate of drug-likeness (QED) is 0.681. The van der Waals surface area contributed by atoms with E-state index in [1.165, 1.54) is 12.8 Å². The highest BCUT2D eigenvalue weighted by molar-refractivity contribution is 4.86. The summed E-state index contributed by atoms with van der Waals surface area (Å²) >= 11 is 0. The molecule has 120 valence electrons. The van der Waals surface area contributed by atoms with Crippen LogP contribution in [0.1, 0.15) is 53.4 Å². The summed E-state index contributed by atoms with van der Waals surface area (Å²) in [6.07, 6.45) is 4.89. The number of aliphatic hydroxyl groups is 1. The summed E-state index contributed by atoms with van der Waals surface area (Å²) in [6.45, 7) is 12.8. The van der Waals surface area contributed by atoms with E-state index < -0.39 is 0 Å². The maximum atomic E-state index is 9.63. The average Bonchev–Trinajstić information content (AvgIpc) is 2.43. The molecule has 0 spiro atoms. The summed E-state index contributed by atoms with van der Waals surface area (Å²) in [5.74, 6) is 0. The molecule has 1 aliphatic heterocycles. The number of nitrogens with one attached hydrogen (secondary N) is 1. The minimum absolute atomic E-state index is 0.175. The molecule has 4 nitrogen and oxygen atoms in total. The Morgan fingerprint density at radius 1 is 1.45 bits per heavy atom. The van der Waals surface area contributed by atoms with Gasteiger partial charge in [-0.05, 0) is 39.2 Å². The number of piperidine rings is 1. The van der Waals surface area contributed by atoms with Gasteiger partial charge in [-0.25, -0.2) is 0 Å². The van der Waals surface area contributed by atoms with Crippen LogP contribution in [0.15, 0.2) is 0 Å². The Morgan fingerprint density at radius 3 is 2.80 bits per heavy atom. The molecule has 20 heavy (non-hydrogen) atoms. The molecule has 4 heteroatoms. The minimum atomic E-state index is -0.175. The summed E-state index contributed by atoms with van der Waals surface area (Å²) in [5, 5.41) is 13.1. The minimum Gasteiger partial charge on any atom is -0.394 e. The number of rotatable bonds is 9. The molecular weight excluding hydrogens is 252 g/mol. The van der Waals surface area contributed by atoms with E-state index in [0.29, 0.717) is 12.1 Å². The molecule has 0 aromatic rings. The van der Waals surface area contributed by atoms with E-state index in [-0.39, 0.29) is 12.1 Å². The van der Waals surface area contributed by atoms with E-state index in [2.05, 4.69) is 37.9 Å². The van der Waals surface area contributed by atoms with Crippen molar-refractivity contribution < 1.29 is 9.84 Å². The molecule has 0 aliphatic carbocycles. The monoisotopic (exact) mass is 286 g/mol. The van der Waals surface area contributed by atoms with Crippen LogP contribution in [0.25, 0.3) is 0 Å². The Morgan fingerprint density at radius 2 is 2.20 bits per heavy atom. The first-order chi connectivity index (χ1) is 9.49. The van der Waals surface area contributed by atoms with E-state index in [9.17, 15) is 5.11 Å². The van der Waals surface area contributed by atoms with Gasteiger partial charge in [-0.3, -0.25) is 0 Å². The average molecular weight is 286 g/mol. The van der Waals surface area contributed by atoms with Crippen molar-refractivity contribution in [3.63, 3.8) is 0 Å². The van der Waals surface area contributed by atoms with Gasteiger partial charge in [0.05, 0.1) is 12.7 Å². The maximum Gasteiger partial charge on any atom is 0.0702 e. The van der Waals surface area contributed by atoms with Gasteiger partial charge in [0.15, 0.2) is 0 Å². The van der Waals surface area contributed by atoms with Gasteiger partial charge in [0.1, 0.15) is 0 Å². The fourth-order valence-corrected chi connectivity index (χ4v) is 2.94. The van der Waals surface area contributed by atoms with Crippen molar-refractivity contribution in [2.45, 2.75) is 71.1 Å². The van der Waals surface area contributed by atoms with Crippen LogP contribution in [-0.4, -0.2) is 60.5 Å². The molecule has 2 unspecified atom stereocenters. The zero-order valence-corrected chi connectivity index (χ0v) is 13.8. The van der Waals surface area contributed by atoms with E-state index in [4.69, 9.17) is 4.74 Å². The third-order valence-electron chi connectivity index (χ3n) is 3.99. The standard InChI is InChI=1S/C16H34N2O2/c1-5-11-20-15-7-6-9-18(12-15)10-8-16(4,13-19)17-14(2)3/h14-15,17,19H,5-13H2,1-4H3. The number of hydrogen-bond acceptors (Lipinski definition) is 4. The Balaban J connectivity index is 2.35. The molecule has 2 atom stereocenters. The van der Waals surface area contributed by atoms with E-state index >= 15 is 0 Å². The van der Waals surface area contributed by atoms with E-state index in [0.717, 1.165) is 39.1 Å². The smallest absolute Gasteiger partial charge is 0.0702 e. The van der Waals surface area contributed by atoms with Gasteiger partial charge in [-0.15, -0.1) is 0 Å². The van der Waals surface area contributed by atoms with Crippen LogP contribution in [0.4, 0.5) is 0 Å². The van der Waals surface area contributed by atoms with Gasteiger partial charge >= 0.3 is 0 Å². The van der Waals surface area contributed by atoms with Crippen molar-refractivity contribution >= 4 is 0 Å². The maximum absolute atomic E-state index is 9.63. The van der Waals surface area contributed by atoms with Gasteiger partial charge in [-0.2, -0.15) is 0 Å². The van der Waals surface area contributed by atoms with Crippen molar-refractivity contribution in [3.8, 4) is 0 Å². The molecule has 1 saturated heterocycles. The molecule has 1 rings (SSSR count). The second-order valence-electron chi connectivity index (χ2n) is 6.70. The third-order valence-corrected chi connectivity index (χ3v) is 3.99. The van der Waals surface area contributed by atoms with Gasteiger partial charge in [0.25, 0.3) is 0 Å². The molecule has 0 radical (unpaired) electrons. The molecule has 0 amide bonds. The Labute approximate surface area is 124 Å². The topological polar surface area (TPSA) is 44.7 Å². The second kappa shape index (κ2) is 8.98. The van der Waals surface area contributed by atoms with Crippen LogP contribution in [0.5, 0.6) is 0 Å². The Hall–Kier alpha value is -0.160. The SMILES string of the molecule is CCCOC1CCCN(CCC(C)(CO)NC(C)C)C1. The first-order valence-electron chi connectivity index (χ1n) is 8.21. The number of nitrogens with zero attached hydrogens (tertiary/aromatic N) is 1. The molecule has 1 fully saturated rings. The fraction of sp³-hybridized carbons (Fsp3) is 1.00. The normalized spacial score (nSPS) is 24.0. The third kappa shape index (κ3) is 6.53. The molecule has 0 aromatic heterocycles. The van der Waals surface area contributed by atoms with Crippen molar-refractivity contribution in [2.24, 2.45) is 0 Å². The first-order valence-corrected chi connectivity index (χ1v) is 8.21. The van der Waals surface area contributed by atoms with Gasteiger partial charge < -0.3 is 20.1 Å². The van der Waals surface area contributed by atoms with Gasteiger partial charge in [-0.1, -0.05) is 20.8 Å². The zero-order valence-electron chi connectivity index (χ0n) is 13.8. The van der Waals surface area contributed by atoms with Gasteiger partial charge in [0.2, 0.25) is 0 Å². The molecule has 1 aliphatic rings. The molecular formula is C16H34N2O2. The number of ether oxygens (including phenoxy) is 1. The van der Waals surface area contributed by atoms with E-state index in [1.807, 2.05) is 0 Å². The summed E-state index contributed by atoms with van der Waals surface area (Å²) in [7, 11) is 0. The number of hydrogen-bond donors (Lipinski definition) is 2. The summed E-state index contributed by atoms with van der Waals surface area (Å²) in [5.41, 5.74) is -0.175. The Kier molecular flexibility index (Phi) is 8.03. The Bertz CT molecular complexity index is 261. The lowest BCUT2D eigenvalue weighted by atomic mass is 9.96.